The standard InChI is InChI=1S/C18H31N3/c1-6-17(19-7-2)15-8-10-16(11-9-15)21-13-12-20(5)18(3,4)14-21/h8-11,17,19H,6-7,12-14H2,1-5H3. The molecule has 1 atom stereocenters. The third-order valence-corrected chi connectivity index (χ3v) is 4.84. The molecule has 0 aromatic heterocycles. The molecule has 1 aromatic rings. The van der Waals surface area contributed by atoms with Crippen LogP contribution in [0.3, 0.4) is 0 Å². The van der Waals surface area contributed by atoms with Crippen molar-refractivity contribution in [1.82, 2.24) is 10.2 Å². The maximum Gasteiger partial charge on any atom is 0.0367 e. The van der Waals surface area contributed by atoms with Gasteiger partial charge < -0.3 is 10.2 Å². The van der Waals surface area contributed by atoms with E-state index in [0.717, 1.165) is 32.6 Å². The number of nitrogens with one attached hydrogen (secondary N) is 1. The van der Waals surface area contributed by atoms with Gasteiger partial charge in [-0.15, -0.1) is 0 Å². The van der Waals surface area contributed by atoms with E-state index >= 15 is 0 Å². The molecular formula is C18H31N3. The second-order valence-corrected chi connectivity index (χ2v) is 6.77. The Morgan fingerprint density at radius 1 is 1.14 bits per heavy atom. The number of nitrogens with zero attached hydrogens (tertiary/aromatic N) is 2. The van der Waals surface area contributed by atoms with Gasteiger partial charge in [-0.2, -0.15) is 0 Å². The molecule has 1 aromatic carbocycles. The molecule has 3 nitrogen and oxygen atoms in total. The summed E-state index contributed by atoms with van der Waals surface area (Å²) in [7, 11) is 2.22. The van der Waals surface area contributed by atoms with Gasteiger partial charge in [-0.3, -0.25) is 4.90 Å². The van der Waals surface area contributed by atoms with E-state index in [9.17, 15) is 0 Å². The Kier molecular flexibility index (Phi) is 5.28. The van der Waals surface area contributed by atoms with Gasteiger partial charge in [0.15, 0.2) is 0 Å². The number of hydrogen-bond donors (Lipinski definition) is 1. The third-order valence-electron chi connectivity index (χ3n) is 4.84. The van der Waals surface area contributed by atoms with Crippen LogP contribution >= 0.6 is 0 Å². The lowest BCUT2D eigenvalue weighted by molar-refractivity contribution is 0.139. The highest BCUT2D eigenvalue weighted by Crippen LogP contribution is 2.26. The molecule has 0 bridgehead atoms. The molecule has 0 saturated carbocycles. The van der Waals surface area contributed by atoms with Gasteiger partial charge in [-0.25, -0.2) is 0 Å². The fraction of sp³-hybridized carbons (Fsp3) is 0.667. The molecule has 118 valence electrons. The highest BCUT2D eigenvalue weighted by Gasteiger charge is 2.31. The lowest BCUT2D eigenvalue weighted by atomic mass is 9.98. The molecule has 0 aliphatic carbocycles. The molecule has 3 heteroatoms. The second kappa shape index (κ2) is 6.80. The summed E-state index contributed by atoms with van der Waals surface area (Å²) < 4.78 is 0. The van der Waals surface area contributed by atoms with E-state index in [1.807, 2.05) is 0 Å². The van der Waals surface area contributed by atoms with Gasteiger partial charge in [-0.1, -0.05) is 26.0 Å². The quantitative estimate of drug-likeness (QED) is 0.897. The first-order chi connectivity index (χ1) is 9.97. The van der Waals surface area contributed by atoms with Gasteiger partial charge in [0.1, 0.15) is 0 Å². The second-order valence-electron chi connectivity index (χ2n) is 6.77. The lowest BCUT2D eigenvalue weighted by Gasteiger charge is -2.46. The molecule has 2 rings (SSSR count). The van der Waals surface area contributed by atoms with Crippen molar-refractivity contribution in [3.05, 3.63) is 29.8 Å². The van der Waals surface area contributed by atoms with Gasteiger partial charge >= 0.3 is 0 Å². The van der Waals surface area contributed by atoms with E-state index in [1.54, 1.807) is 0 Å². The van der Waals surface area contributed by atoms with E-state index < -0.39 is 0 Å². The summed E-state index contributed by atoms with van der Waals surface area (Å²) in [5.74, 6) is 0. The minimum Gasteiger partial charge on any atom is -0.368 e. The first-order valence-electron chi connectivity index (χ1n) is 8.27. The normalized spacial score (nSPS) is 20.5. The van der Waals surface area contributed by atoms with E-state index in [0.29, 0.717) is 6.04 Å². The van der Waals surface area contributed by atoms with Gasteiger partial charge in [0, 0.05) is 36.9 Å². The number of anilines is 1. The number of rotatable bonds is 5. The van der Waals surface area contributed by atoms with Crippen LogP contribution in [-0.4, -0.2) is 43.7 Å². The number of benzene rings is 1. The fourth-order valence-electron chi connectivity index (χ4n) is 3.12. The van der Waals surface area contributed by atoms with Crippen molar-refractivity contribution in [2.75, 3.05) is 38.1 Å². The summed E-state index contributed by atoms with van der Waals surface area (Å²) in [6.45, 7) is 13.4. The first-order valence-corrected chi connectivity index (χ1v) is 8.27. The number of piperazine rings is 1. The molecule has 0 amide bonds. The third kappa shape index (κ3) is 3.78. The SMILES string of the molecule is CCNC(CC)c1ccc(N2CCN(C)C(C)(C)C2)cc1. The average molecular weight is 289 g/mol. The van der Waals surface area contributed by atoms with Crippen molar-refractivity contribution in [3.8, 4) is 0 Å². The van der Waals surface area contributed by atoms with Gasteiger partial charge in [0.05, 0.1) is 0 Å². The number of likely N-dealkylation sites (N-methyl/N-ethyl adjacent to an activating group) is 1. The monoisotopic (exact) mass is 289 g/mol. The van der Waals surface area contributed by atoms with Crippen LogP contribution in [0.25, 0.3) is 0 Å². The predicted molar refractivity (Wildman–Crippen MR) is 92.1 cm³/mol. The molecule has 1 N–H and O–H groups in total. The zero-order valence-corrected chi connectivity index (χ0v) is 14.3. The highest BCUT2D eigenvalue weighted by atomic mass is 15.3. The molecule has 1 saturated heterocycles. The van der Waals surface area contributed by atoms with Crippen LogP contribution in [0.2, 0.25) is 0 Å². The molecule has 21 heavy (non-hydrogen) atoms. The van der Waals surface area contributed by atoms with Crippen LogP contribution in [0.15, 0.2) is 24.3 Å². The zero-order valence-electron chi connectivity index (χ0n) is 14.3. The van der Waals surface area contributed by atoms with Crippen molar-refractivity contribution >= 4 is 5.69 Å². The van der Waals surface area contributed by atoms with Crippen molar-refractivity contribution in [1.29, 1.82) is 0 Å². The van der Waals surface area contributed by atoms with Crippen LogP contribution < -0.4 is 10.2 Å². The maximum absolute atomic E-state index is 3.55. The van der Waals surface area contributed by atoms with E-state index in [2.05, 4.69) is 74.1 Å². The largest absolute Gasteiger partial charge is 0.368 e. The topological polar surface area (TPSA) is 18.5 Å². The van der Waals surface area contributed by atoms with E-state index in [-0.39, 0.29) is 5.54 Å². The van der Waals surface area contributed by atoms with Crippen molar-refractivity contribution < 1.29 is 0 Å². The Morgan fingerprint density at radius 3 is 2.33 bits per heavy atom. The molecule has 1 fully saturated rings. The van der Waals surface area contributed by atoms with E-state index in [4.69, 9.17) is 0 Å². The average Bonchev–Trinajstić information content (AvgIpc) is 2.48. The Labute approximate surface area is 130 Å². The van der Waals surface area contributed by atoms with Crippen LogP contribution in [0.5, 0.6) is 0 Å². The smallest absolute Gasteiger partial charge is 0.0367 e. The summed E-state index contributed by atoms with van der Waals surface area (Å²) in [6, 6.07) is 9.63. The molecule has 1 unspecified atom stereocenters. The molecule has 0 radical (unpaired) electrons. The first kappa shape index (κ1) is 16.3. The molecule has 0 spiro atoms. The molecule has 1 heterocycles. The summed E-state index contributed by atoms with van der Waals surface area (Å²) in [5.41, 5.74) is 3.00. The van der Waals surface area contributed by atoms with Crippen LogP contribution in [0.1, 0.15) is 45.7 Å². The summed E-state index contributed by atoms with van der Waals surface area (Å²) in [6.07, 6.45) is 1.13. The predicted octanol–water partition coefficient (Wildman–Crippen LogP) is 3.28. The Bertz CT molecular complexity index is 438. The van der Waals surface area contributed by atoms with Crippen LogP contribution in [-0.2, 0) is 0 Å². The van der Waals surface area contributed by atoms with Crippen LogP contribution in [0.4, 0.5) is 5.69 Å². The van der Waals surface area contributed by atoms with Gasteiger partial charge in [0.2, 0.25) is 0 Å². The summed E-state index contributed by atoms with van der Waals surface area (Å²) >= 11 is 0. The molecular weight excluding hydrogens is 258 g/mol. The van der Waals surface area contributed by atoms with Gasteiger partial charge in [0.25, 0.3) is 0 Å². The Balaban J connectivity index is 2.08. The van der Waals surface area contributed by atoms with E-state index in [1.165, 1.54) is 11.3 Å². The van der Waals surface area contributed by atoms with Crippen molar-refractivity contribution in [3.63, 3.8) is 0 Å². The zero-order chi connectivity index (χ0) is 15.5. The van der Waals surface area contributed by atoms with Gasteiger partial charge in [-0.05, 0) is 51.6 Å². The van der Waals surface area contributed by atoms with Crippen molar-refractivity contribution in [2.24, 2.45) is 0 Å². The molecule has 1 aliphatic rings. The van der Waals surface area contributed by atoms with Crippen LogP contribution in [0, 0.1) is 0 Å². The summed E-state index contributed by atoms with van der Waals surface area (Å²) in [5, 5.41) is 3.55. The Morgan fingerprint density at radius 2 is 1.81 bits per heavy atom. The number of hydrogen-bond acceptors (Lipinski definition) is 3. The summed E-state index contributed by atoms with van der Waals surface area (Å²) in [4.78, 5) is 4.97. The minimum absolute atomic E-state index is 0.243. The fourth-order valence-corrected chi connectivity index (χ4v) is 3.12. The van der Waals surface area contributed by atoms with Crippen molar-refractivity contribution in [2.45, 2.75) is 45.7 Å². The highest BCUT2D eigenvalue weighted by molar-refractivity contribution is 5.49. The maximum atomic E-state index is 3.55. The molecule has 1 aliphatic heterocycles. The Hall–Kier alpha value is -1.06. The minimum atomic E-state index is 0.243. The lowest BCUT2D eigenvalue weighted by Crippen LogP contribution is -2.57.